The highest BCUT2D eigenvalue weighted by atomic mass is 16.5. The predicted octanol–water partition coefficient (Wildman–Crippen LogP) is 5.64. The molecular weight excluding hydrogens is 444 g/mol. The highest BCUT2D eigenvalue weighted by Crippen LogP contribution is 2.35. The van der Waals surface area contributed by atoms with Gasteiger partial charge in [0.15, 0.2) is 0 Å². The molecular formula is C28H36N2O5. The van der Waals surface area contributed by atoms with Gasteiger partial charge in [-0.25, -0.2) is 0 Å². The number of hydrogen-bond acceptors (Lipinski definition) is 6. The summed E-state index contributed by atoms with van der Waals surface area (Å²) in [5, 5.41) is 17.3. The van der Waals surface area contributed by atoms with E-state index in [1.165, 1.54) is 5.56 Å². The van der Waals surface area contributed by atoms with Crippen LogP contribution in [0, 0.1) is 0 Å². The van der Waals surface area contributed by atoms with Gasteiger partial charge in [-0.2, -0.15) is 5.10 Å². The van der Waals surface area contributed by atoms with Gasteiger partial charge in [0.2, 0.25) is 0 Å². The summed E-state index contributed by atoms with van der Waals surface area (Å²) < 4.78 is 17.1. The smallest absolute Gasteiger partial charge is 0.306 e. The van der Waals surface area contributed by atoms with E-state index in [1.54, 1.807) is 12.3 Å². The molecule has 2 N–H and O–H groups in total. The average Bonchev–Trinajstić information content (AvgIpc) is 3.39. The van der Waals surface area contributed by atoms with E-state index in [1.807, 2.05) is 25.1 Å². The van der Waals surface area contributed by atoms with E-state index in [2.05, 4.69) is 36.2 Å². The van der Waals surface area contributed by atoms with Gasteiger partial charge in [0, 0.05) is 30.7 Å². The van der Waals surface area contributed by atoms with Crippen molar-refractivity contribution in [3.8, 4) is 28.5 Å². The maximum atomic E-state index is 11.7. The second-order valence-corrected chi connectivity index (χ2v) is 8.35. The summed E-state index contributed by atoms with van der Waals surface area (Å²) in [6.07, 6.45) is 6.09. The Bertz CT molecular complexity index is 1080. The van der Waals surface area contributed by atoms with Crippen LogP contribution in [0.15, 0.2) is 42.6 Å². The minimum absolute atomic E-state index is 0.154. The molecule has 1 aromatic heterocycles. The lowest BCUT2D eigenvalue weighted by molar-refractivity contribution is -0.143. The number of hydrogen-bond donors (Lipinski definition) is 2. The number of phenolic OH excluding ortho intramolecular Hbond substituents is 1. The lowest BCUT2D eigenvalue weighted by Crippen LogP contribution is -2.08. The molecule has 0 saturated carbocycles. The number of aromatic nitrogens is 2. The summed E-state index contributed by atoms with van der Waals surface area (Å²) in [5.41, 5.74) is 4.73. The van der Waals surface area contributed by atoms with E-state index >= 15 is 0 Å². The van der Waals surface area contributed by atoms with Gasteiger partial charge in [0.1, 0.15) is 17.2 Å². The standard InChI is InChI=1S/C28H36N2O5/c1-4-8-22-11-9-20(10-12-28(32)33-6-3)17-26(22)34-15-7-16-35-27-19-25(31)23(18-21(27)5-2)24-13-14-29-30-24/h9,11,13-14,17-19,31H,4-8,10,12,15-16H2,1-3H3,(H,29,30). The van der Waals surface area contributed by atoms with Crippen LogP contribution in [0.25, 0.3) is 11.3 Å². The number of esters is 1. The molecule has 0 spiro atoms. The quantitative estimate of drug-likeness (QED) is 0.229. The number of phenols is 1. The predicted molar refractivity (Wildman–Crippen MR) is 136 cm³/mol. The Labute approximate surface area is 207 Å². The van der Waals surface area contributed by atoms with Crippen molar-refractivity contribution in [3.63, 3.8) is 0 Å². The molecule has 0 radical (unpaired) electrons. The van der Waals surface area contributed by atoms with Crippen molar-refractivity contribution in [3.05, 3.63) is 59.3 Å². The van der Waals surface area contributed by atoms with Crippen LogP contribution in [0.5, 0.6) is 17.2 Å². The first-order valence-corrected chi connectivity index (χ1v) is 12.4. The van der Waals surface area contributed by atoms with Gasteiger partial charge in [0.25, 0.3) is 0 Å². The molecule has 1 heterocycles. The molecule has 2 aromatic carbocycles. The van der Waals surface area contributed by atoms with Crippen LogP contribution in [-0.2, 0) is 28.8 Å². The van der Waals surface area contributed by atoms with E-state index in [0.717, 1.165) is 41.8 Å². The number of nitrogens with one attached hydrogen (secondary N) is 1. The zero-order chi connectivity index (χ0) is 25.0. The summed E-state index contributed by atoms with van der Waals surface area (Å²) in [4.78, 5) is 11.7. The zero-order valence-electron chi connectivity index (χ0n) is 20.9. The minimum atomic E-state index is -0.181. The van der Waals surface area contributed by atoms with Crippen molar-refractivity contribution < 1.29 is 24.1 Å². The molecule has 0 atom stereocenters. The van der Waals surface area contributed by atoms with Gasteiger partial charge >= 0.3 is 5.97 Å². The van der Waals surface area contributed by atoms with Crippen molar-refractivity contribution in [2.24, 2.45) is 0 Å². The van der Waals surface area contributed by atoms with Gasteiger partial charge in [-0.3, -0.25) is 9.89 Å². The lowest BCUT2D eigenvalue weighted by atomic mass is 10.0. The Morgan fingerprint density at radius 2 is 1.74 bits per heavy atom. The molecule has 3 aromatic rings. The monoisotopic (exact) mass is 480 g/mol. The van der Waals surface area contributed by atoms with Crippen molar-refractivity contribution in [1.82, 2.24) is 10.2 Å². The second-order valence-electron chi connectivity index (χ2n) is 8.35. The summed E-state index contributed by atoms with van der Waals surface area (Å²) in [6, 6.07) is 11.6. The number of carbonyl (C=O) groups excluding carboxylic acids is 1. The molecule has 0 amide bonds. The van der Waals surface area contributed by atoms with Crippen LogP contribution in [0.1, 0.15) is 56.7 Å². The van der Waals surface area contributed by atoms with Crippen molar-refractivity contribution in [1.29, 1.82) is 0 Å². The average molecular weight is 481 g/mol. The largest absolute Gasteiger partial charge is 0.507 e. The number of ether oxygens (including phenoxy) is 3. The molecule has 7 nitrogen and oxygen atoms in total. The first-order chi connectivity index (χ1) is 17.0. The second kappa shape index (κ2) is 13.4. The summed E-state index contributed by atoms with van der Waals surface area (Å²) in [5.74, 6) is 1.52. The molecule has 3 rings (SSSR count). The van der Waals surface area contributed by atoms with Gasteiger partial charge in [-0.1, -0.05) is 32.4 Å². The first kappa shape index (κ1) is 26.1. The summed E-state index contributed by atoms with van der Waals surface area (Å²) in [6.45, 7) is 7.40. The third-order valence-corrected chi connectivity index (χ3v) is 5.73. The van der Waals surface area contributed by atoms with Gasteiger partial charge in [-0.15, -0.1) is 0 Å². The topological polar surface area (TPSA) is 93.7 Å². The number of H-pyrrole nitrogens is 1. The fraction of sp³-hybridized carbons (Fsp3) is 0.429. The Balaban J connectivity index is 1.56. The number of carbonyl (C=O) groups is 1. The van der Waals surface area contributed by atoms with E-state index in [0.29, 0.717) is 50.4 Å². The van der Waals surface area contributed by atoms with Crippen LogP contribution in [-0.4, -0.2) is 41.1 Å². The van der Waals surface area contributed by atoms with Crippen LogP contribution in [0.4, 0.5) is 0 Å². The van der Waals surface area contributed by atoms with E-state index in [4.69, 9.17) is 14.2 Å². The summed E-state index contributed by atoms with van der Waals surface area (Å²) in [7, 11) is 0. The lowest BCUT2D eigenvalue weighted by Gasteiger charge is -2.15. The van der Waals surface area contributed by atoms with Gasteiger partial charge in [0.05, 0.1) is 25.5 Å². The number of rotatable bonds is 14. The van der Waals surface area contributed by atoms with Crippen LogP contribution in [0.3, 0.4) is 0 Å². The molecule has 0 bridgehead atoms. The maximum Gasteiger partial charge on any atom is 0.306 e. The molecule has 0 unspecified atom stereocenters. The third kappa shape index (κ3) is 7.50. The van der Waals surface area contributed by atoms with Gasteiger partial charge < -0.3 is 19.3 Å². The molecule has 0 saturated heterocycles. The van der Waals surface area contributed by atoms with Crippen molar-refractivity contribution in [2.75, 3.05) is 19.8 Å². The molecule has 0 aliphatic carbocycles. The molecule has 0 aliphatic heterocycles. The number of benzene rings is 2. The number of nitrogens with zero attached hydrogens (tertiary/aromatic N) is 1. The first-order valence-electron chi connectivity index (χ1n) is 12.4. The Morgan fingerprint density at radius 3 is 2.40 bits per heavy atom. The molecule has 35 heavy (non-hydrogen) atoms. The highest BCUT2D eigenvalue weighted by molar-refractivity contribution is 5.70. The third-order valence-electron chi connectivity index (χ3n) is 5.73. The van der Waals surface area contributed by atoms with E-state index in [9.17, 15) is 9.90 Å². The molecule has 0 fully saturated rings. The van der Waals surface area contributed by atoms with Crippen LogP contribution < -0.4 is 9.47 Å². The van der Waals surface area contributed by atoms with Crippen LogP contribution in [0.2, 0.25) is 0 Å². The Kier molecular flexibility index (Phi) is 10.0. The Hall–Kier alpha value is -3.48. The molecule has 7 heteroatoms. The number of aromatic hydroxyl groups is 1. The summed E-state index contributed by atoms with van der Waals surface area (Å²) >= 11 is 0. The van der Waals surface area contributed by atoms with Gasteiger partial charge in [-0.05, 0) is 61.1 Å². The fourth-order valence-electron chi connectivity index (χ4n) is 3.91. The minimum Gasteiger partial charge on any atom is -0.507 e. The molecule has 188 valence electrons. The number of aromatic amines is 1. The SMILES string of the molecule is CCCc1ccc(CCC(=O)OCC)cc1OCCCOc1cc(O)c(-c2ccn[nH]2)cc1CC. The van der Waals surface area contributed by atoms with Crippen molar-refractivity contribution >= 4 is 5.97 Å². The van der Waals surface area contributed by atoms with Crippen LogP contribution >= 0.6 is 0 Å². The number of aryl methyl sites for hydroxylation is 3. The molecule has 0 aliphatic rings. The Morgan fingerprint density at radius 1 is 0.971 bits per heavy atom. The normalized spacial score (nSPS) is 10.8. The zero-order valence-corrected chi connectivity index (χ0v) is 20.9. The van der Waals surface area contributed by atoms with E-state index < -0.39 is 0 Å². The fourth-order valence-corrected chi connectivity index (χ4v) is 3.91. The highest BCUT2D eigenvalue weighted by Gasteiger charge is 2.13. The van der Waals surface area contributed by atoms with Crippen molar-refractivity contribution in [2.45, 2.75) is 59.3 Å². The maximum absolute atomic E-state index is 11.7. The van der Waals surface area contributed by atoms with E-state index in [-0.39, 0.29) is 11.7 Å².